The molecule has 4 heteroatoms. The second kappa shape index (κ2) is 8.59. The summed E-state index contributed by atoms with van der Waals surface area (Å²) in [6.07, 6.45) is 1.71. The molecule has 122 valence electrons. The van der Waals surface area contributed by atoms with E-state index in [9.17, 15) is 4.79 Å². The standard InChI is InChI=1S/C18H27NO2S/c1-3-21-17(20)18(16-8-6-5-7-9-16)10-12-19(13-11-18)14-15-22-4-2/h5-9H,3-4,10-15H2,1-2H3. The van der Waals surface area contributed by atoms with Crippen LogP contribution >= 0.6 is 11.8 Å². The highest BCUT2D eigenvalue weighted by Gasteiger charge is 2.43. The molecule has 0 unspecified atom stereocenters. The summed E-state index contributed by atoms with van der Waals surface area (Å²) >= 11 is 1.98. The van der Waals surface area contributed by atoms with Crippen LogP contribution in [0, 0.1) is 0 Å². The number of nitrogens with zero attached hydrogens (tertiary/aromatic N) is 1. The first kappa shape index (κ1) is 17.4. The van der Waals surface area contributed by atoms with Gasteiger partial charge in [0.25, 0.3) is 0 Å². The molecule has 22 heavy (non-hydrogen) atoms. The normalized spacial score (nSPS) is 18.1. The van der Waals surface area contributed by atoms with Gasteiger partial charge in [0, 0.05) is 12.3 Å². The largest absolute Gasteiger partial charge is 0.465 e. The van der Waals surface area contributed by atoms with Crippen molar-refractivity contribution in [3.8, 4) is 0 Å². The summed E-state index contributed by atoms with van der Waals surface area (Å²) in [5.41, 5.74) is 0.655. The number of likely N-dealkylation sites (tertiary alicyclic amines) is 1. The summed E-state index contributed by atoms with van der Waals surface area (Å²) in [4.78, 5) is 15.1. The van der Waals surface area contributed by atoms with Gasteiger partial charge in [-0.05, 0) is 44.2 Å². The van der Waals surface area contributed by atoms with Gasteiger partial charge in [-0.25, -0.2) is 0 Å². The van der Waals surface area contributed by atoms with Crippen LogP contribution < -0.4 is 0 Å². The van der Waals surface area contributed by atoms with Crippen molar-refractivity contribution in [1.29, 1.82) is 0 Å². The van der Waals surface area contributed by atoms with Gasteiger partial charge in [-0.3, -0.25) is 4.79 Å². The molecule has 2 rings (SSSR count). The van der Waals surface area contributed by atoms with Crippen molar-refractivity contribution in [2.45, 2.75) is 32.1 Å². The molecule has 0 aliphatic carbocycles. The highest BCUT2D eigenvalue weighted by atomic mass is 32.2. The number of ether oxygens (including phenoxy) is 1. The third-order valence-electron chi connectivity index (χ3n) is 4.46. The van der Waals surface area contributed by atoms with Crippen molar-refractivity contribution in [3.63, 3.8) is 0 Å². The second-order valence-corrected chi connectivity index (χ2v) is 7.10. The average molecular weight is 321 g/mol. The highest BCUT2D eigenvalue weighted by molar-refractivity contribution is 7.99. The van der Waals surface area contributed by atoms with Crippen molar-refractivity contribution in [2.24, 2.45) is 0 Å². The predicted octanol–water partition coefficient (Wildman–Crippen LogP) is 3.34. The molecule has 3 nitrogen and oxygen atoms in total. The van der Waals surface area contributed by atoms with Crippen LogP contribution in [0.4, 0.5) is 0 Å². The predicted molar refractivity (Wildman–Crippen MR) is 93.4 cm³/mol. The molecule has 1 aromatic rings. The van der Waals surface area contributed by atoms with Crippen LogP contribution in [0.3, 0.4) is 0 Å². The first-order valence-corrected chi connectivity index (χ1v) is 9.41. The number of hydrogen-bond acceptors (Lipinski definition) is 4. The fourth-order valence-corrected chi connectivity index (χ4v) is 3.81. The van der Waals surface area contributed by atoms with E-state index < -0.39 is 5.41 Å². The molecule has 0 bridgehead atoms. The Bertz CT molecular complexity index is 455. The summed E-state index contributed by atoms with van der Waals surface area (Å²) in [6.45, 7) is 7.59. The zero-order valence-corrected chi connectivity index (χ0v) is 14.5. The first-order valence-electron chi connectivity index (χ1n) is 8.25. The molecule has 1 aliphatic heterocycles. The summed E-state index contributed by atoms with van der Waals surface area (Å²) in [6, 6.07) is 10.2. The maximum Gasteiger partial charge on any atom is 0.316 e. The van der Waals surface area contributed by atoms with Gasteiger partial charge < -0.3 is 9.64 Å². The van der Waals surface area contributed by atoms with Crippen LogP contribution in [0.2, 0.25) is 0 Å². The van der Waals surface area contributed by atoms with Gasteiger partial charge in [0.1, 0.15) is 0 Å². The lowest BCUT2D eigenvalue weighted by atomic mass is 9.72. The Morgan fingerprint density at radius 2 is 1.91 bits per heavy atom. The minimum absolute atomic E-state index is 0.0521. The lowest BCUT2D eigenvalue weighted by Gasteiger charge is -2.40. The highest BCUT2D eigenvalue weighted by Crippen LogP contribution is 2.36. The van der Waals surface area contributed by atoms with Crippen LogP contribution in [-0.4, -0.2) is 48.6 Å². The minimum atomic E-state index is -0.453. The molecule has 0 amide bonds. The van der Waals surface area contributed by atoms with Crippen molar-refractivity contribution in [2.75, 3.05) is 37.7 Å². The van der Waals surface area contributed by atoms with E-state index in [1.165, 1.54) is 11.5 Å². The van der Waals surface area contributed by atoms with E-state index in [1.807, 2.05) is 36.9 Å². The summed E-state index contributed by atoms with van der Waals surface area (Å²) < 4.78 is 5.41. The molecule has 0 aromatic heterocycles. The molecule has 1 saturated heterocycles. The molecule has 1 fully saturated rings. The summed E-state index contributed by atoms with van der Waals surface area (Å²) in [5.74, 6) is 2.29. The Morgan fingerprint density at radius 3 is 2.50 bits per heavy atom. The monoisotopic (exact) mass is 321 g/mol. The average Bonchev–Trinajstić information content (AvgIpc) is 2.57. The van der Waals surface area contributed by atoms with Gasteiger partial charge in [0.2, 0.25) is 0 Å². The van der Waals surface area contributed by atoms with Gasteiger partial charge in [-0.2, -0.15) is 11.8 Å². The van der Waals surface area contributed by atoms with E-state index in [4.69, 9.17) is 4.74 Å². The fourth-order valence-electron chi connectivity index (χ4n) is 3.13. The van der Waals surface area contributed by atoms with E-state index in [0.717, 1.165) is 38.0 Å². The number of esters is 1. The molecular weight excluding hydrogens is 294 g/mol. The number of thioether (sulfide) groups is 1. The van der Waals surface area contributed by atoms with Crippen LogP contribution in [0.1, 0.15) is 32.3 Å². The molecule has 0 radical (unpaired) electrons. The van der Waals surface area contributed by atoms with E-state index >= 15 is 0 Å². The molecular formula is C18H27NO2S. The first-order chi connectivity index (χ1) is 10.7. The van der Waals surface area contributed by atoms with Crippen molar-refractivity contribution in [3.05, 3.63) is 35.9 Å². The van der Waals surface area contributed by atoms with Gasteiger partial charge in [-0.1, -0.05) is 37.3 Å². The third-order valence-corrected chi connectivity index (χ3v) is 5.34. The van der Waals surface area contributed by atoms with Crippen LogP contribution in [0.15, 0.2) is 30.3 Å². The van der Waals surface area contributed by atoms with E-state index in [-0.39, 0.29) is 5.97 Å². The Morgan fingerprint density at radius 1 is 1.23 bits per heavy atom. The number of rotatable bonds is 7. The lowest BCUT2D eigenvalue weighted by Crippen LogP contribution is -2.48. The van der Waals surface area contributed by atoms with E-state index in [0.29, 0.717) is 6.61 Å². The van der Waals surface area contributed by atoms with Crippen LogP contribution in [-0.2, 0) is 14.9 Å². The van der Waals surface area contributed by atoms with E-state index in [1.54, 1.807) is 0 Å². The number of benzene rings is 1. The lowest BCUT2D eigenvalue weighted by molar-refractivity contribution is -0.152. The summed E-state index contributed by atoms with van der Waals surface area (Å²) in [5, 5.41) is 0. The van der Waals surface area contributed by atoms with Crippen LogP contribution in [0.25, 0.3) is 0 Å². The smallest absolute Gasteiger partial charge is 0.316 e. The zero-order valence-electron chi connectivity index (χ0n) is 13.7. The van der Waals surface area contributed by atoms with Crippen molar-refractivity contribution >= 4 is 17.7 Å². The maximum atomic E-state index is 12.6. The molecule has 1 aromatic carbocycles. The minimum Gasteiger partial charge on any atom is -0.465 e. The topological polar surface area (TPSA) is 29.5 Å². The van der Waals surface area contributed by atoms with Crippen molar-refractivity contribution in [1.82, 2.24) is 4.90 Å². The number of carbonyl (C=O) groups excluding carboxylic acids is 1. The number of carbonyl (C=O) groups is 1. The number of hydrogen-bond donors (Lipinski definition) is 0. The van der Waals surface area contributed by atoms with Gasteiger partial charge in [-0.15, -0.1) is 0 Å². The Balaban J connectivity index is 2.07. The molecule has 0 spiro atoms. The molecule has 1 heterocycles. The maximum absolute atomic E-state index is 12.6. The quantitative estimate of drug-likeness (QED) is 0.569. The zero-order chi connectivity index (χ0) is 15.8. The van der Waals surface area contributed by atoms with Crippen LogP contribution in [0.5, 0.6) is 0 Å². The van der Waals surface area contributed by atoms with Gasteiger partial charge >= 0.3 is 5.97 Å². The third kappa shape index (κ3) is 4.05. The Labute approximate surface area is 138 Å². The van der Waals surface area contributed by atoms with Gasteiger partial charge in [0.15, 0.2) is 0 Å². The Hall–Kier alpha value is -1.00. The summed E-state index contributed by atoms with van der Waals surface area (Å²) in [7, 11) is 0. The molecule has 0 atom stereocenters. The second-order valence-electron chi connectivity index (χ2n) is 5.71. The molecule has 0 saturated carbocycles. The molecule has 0 N–H and O–H groups in total. The van der Waals surface area contributed by atoms with Crippen molar-refractivity contribution < 1.29 is 9.53 Å². The number of piperidine rings is 1. The Kier molecular flexibility index (Phi) is 6.77. The van der Waals surface area contributed by atoms with E-state index in [2.05, 4.69) is 24.0 Å². The molecule has 1 aliphatic rings. The fraction of sp³-hybridized carbons (Fsp3) is 0.611. The SMILES string of the molecule is CCOC(=O)C1(c2ccccc2)CCN(CCSCC)CC1. The van der Waals surface area contributed by atoms with Gasteiger partial charge in [0.05, 0.1) is 12.0 Å².